The quantitative estimate of drug-likeness (QED) is 0.506. The van der Waals surface area contributed by atoms with E-state index in [4.69, 9.17) is 11.5 Å². The molecule has 0 heterocycles. The van der Waals surface area contributed by atoms with Gasteiger partial charge in [-0.3, -0.25) is 0 Å². The summed E-state index contributed by atoms with van der Waals surface area (Å²) in [6, 6.07) is 0. The summed E-state index contributed by atoms with van der Waals surface area (Å²) in [5.41, 5.74) is 9.82. The maximum Gasteiger partial charge on any atom is 0.0104 e. The zero-order valence-electron chi connectivity index (χ0n) is 5.14. The molecule has 8 heavy (non-hydrogen) atoms. The Morgan fingerprint density at radius 1 is 1.00 bits per heavy atom. The number of rotatable bonds is 2. The van der Waals surface area contributed by atoms with Gasteiger partial charge in [0.25, 0.3) is 0 Å². The van der Waals surface area contributed by atoms with Gasteiger partial charge in [0.2, 0.25) is 0 Å². The Kier molecular flexibility index (Phi) is 21.0. The van der Waals surface area contributed by atoms with Crippen molar-refractivity contribution in [2.24, 2.45) is 11.5 Å². The van der Waals surface area contributed by atoms with Crippen molar-refractivity contribution in [3.05, 3.63) is 25.3 Å². The second kappa shape index (κ2) is 16.1. The molecule has 0 radical (unpaired) electrons. The lowest BCUT2D eigenvalue weighted by Crippen LogP contribution is -1.90. The van der Waals surface area contributed by atoms with E-state index in [0.717, 1.165) is 0 Å². The first-order chi connectivity index (χ1) is 3.83. The number of hydrogen-bond acceptors (Lipinski definition) is 2. The van der Waals surface area contributed by atoms with E-state index in [2.05, 4.69) is 13.2 Å². The van der Waals surface area contributed by atoms with Crippen molar-refractivity contribution >= 4 is 0 Å². The summed E-state index contributed by atoms with van der Waals surface area (Å²) >= 11 is 0. The minimum atomic E-state index is 0.583. The van der Waals surface area contributed by atoms with Crippen LogP contribution in [0.2, 0.25) is 0 Å². The Morgan fingerprint density at radius 3 is 1.12 bits per heavy atom. The van der Waals surface area contributed by atoms with Gasteiger partial charge < -0.3 is 11.5 Å². The van der Waals surface area contributed by atoms with E-state index in [1.165, 1.54) is 0 Å². The van der Waals surface area contributed by atoms with E-state index in [1.807, 2.05) is 0 Å². The molecule has 2 nitrogen and oxygen atoms in total. The van der Waals surface area contributed by atoms with Gasteiger partial charge in [0.05, 0.1) is 0 Å². The Morgan fingerprint density at radius 2 is 1.12 bits per heavy atom. The first kappa shape index (κ1) is 10.4. The summed E-state index contributed by atoms with van der Waals surface area (Å²) in [6.07, 6.45) is 3.31. The third-order valence-corrected chi connectivity index (χ3v) is 0.333. The van der Waals surface area contributed by atoms with Crippen LogP contribution >= 0.6 is 0 Å². The standard InChI is InChI=1S/2C3H7N/c2*1-2-3-4/h2*2H,1,3-4H2. The Labute approximate surface area is 50.9 Å². The molecule has 0 saturated carbocycles. The van der Waals surface area contributed by atoms with Crippen LogP contribution in [0.15, 0.2) is 25.3 Å². The highest BCUT2D eigenvalue weighted by Crippen LogP contribution is 1.40. The molecule has 0 amide bonds. The topological polar surface area (TPSA) is 52.0 Å². The molecule has 0 fully saturated rings. The summed E-state index contributed by atoms with van der Waals surface area (Å²) in [7, 11) is 0. The van der Waals surface area contributed by atoms with E-state index < -0.39 is 0 Å². The molecule has 0 aliphatic carbocycles. The van der Waals surface area contributed by atoms with Crippen molar-refractivity contribution < 1.29 is 0 Å². The fraction of sp³-hybridized carbons (Fsp3) is 0.333. The van der Waals surface area contributed by atoms with Gasteiger partial charge in [-0.25, -0.2) is 0 Å². The van der Waals surface area contributed by atoms with Gasteiger partial charge in [-0.1, -0.05) is 12.2 Å². The molecule has 0 aromatic rings. The van der Waals surface area contributed by atoms with Crippen molar-refractivity contribution in [3.63, 3.8) is 0 Å². The molecule has 0 rings (SSSR count). The zero-order chi connectivity index (χ0) is 6.83. The van der Waals surface area contributed by atoms with Crippen LogP contribution in [0.25, 0.3) is 0 Å². The first-order valence-corrected chi connectivity index (χ1v) is 2.45. The predicted octanol–water partition coefficient (Wildman–Crippen LogP) is 0.262. The van der Waals surface area contributed by atoms with E-state index in [-0.39, 0.29) is 0 Å². The van der Waals surface area contributed by atoms with Crippen LogP contribution in [0, 0.1) is 0 Å². The van der Waals surface area contributed by atoms with Gasteiger partial charge in [0, 0.05) is 13.1 Å². The van der Waals surface area contributed by atoms with Gasteiger partial charge in [-0.05, 0) is 0 Å². The highest BCUT2D eigenvalue weighted by molar-refractivity contribution is 4.64. The predicted molar refractivity (Wildman–Crippen MR) is 38.5 cm³/mol. The number of hydrogen-bond donors (Lipinski definition) is 2. The van der Waals surface area contributed by atoms with E-state index >= 15 is 0 Å². The molecule has 0 bridgehead atoms. The molecule has 0 aliphatic rings. The lowest BCUT2D eigenvalue weighted by molar-refractivity contribution is 1.26. The molecule has 0 saturated heterocycles. The summed E-state index contributed by atoms with van der Waals surface area (Å²) < 4.78 is 0. The van der Waals surface area contributed by atoms with Gasteiger partial charge in [0.15, 0.2) is 0 Å². The van der Waals surface area contributed by atoms with Crippen molar-refractivity contribution in [2.45, 2.75) is 0 Å². The monoisotopic (exact) mass is 114 g/mol. The highest BCUT2D eigenvalue weighted by Gasteiger charge is 1.43. The second-order valence-corrected chi connectivity index (χ2v) is 1.05. The van der Waals surface area contributed by atoms with Crippen LogP contribution in [0.1, 0.15) is 0 Å². The fourth-order valence-corrected chi connectivity index (χ4v) is 0. The molecular weight excluding hydrogens is 100 g/mol. The molecule has 4 N–H and O–H groups in total. The maximum absolute atomic E-state index is 4.91. The highest BCUT2D eigenvalue weighted by atomic mass is 14.5. The van der Waals surface area contributed by atoms with E-state index in [0.29, 0.717) is 13.1 Å². The smallest absolute Gasteiger partial charge is 0.0104 e. The van der Waals surface area contributed by atoms with Crippen molar-refractivity contribution in [1.82, 2.24) is 0 Å². The lowest BCUT2D eigenvalue weighted by Gasteiger charge is -1.61. The zero-order valence-corrected chi connectivity index (χ0v) is 5.14. The van der Waals surface area contributed by atoms with Crippen LogP contribution < -0.4 is 11.5 Å². The molecule has 0 atom stereocenters. The van der Waals surface area contributed by atoms with Crippen LogP contribution in [0.4, 0.5) is 0 Å². The molecule has 48 valence electrons. The summed E-state index contributed by atoms with van der Waals surface area (Å²) in [5, 5.41) is 0. The van der Waals surface area contributed by atoms with Crippen molar-refractivity contribution in [1.29, 1.82) is 0 Å². The van der Waals surface area contributed by atoms with Crippen LogP contribution in [-0.4, -0.2) is 13.1 Å². The van der Waals surface area contributed by atoms with E-state index in [1.54, 1.807) is 12.2 Å². The SMILES string of the molecule is C=CCN.C=CCN. The van der Waals surface area contributed by atoms with Crippen molar-refractivity contribution in [2.75, 3.05) is 13.1 Å². The molecular formula is C6H14N2. The summed E-state index contributed by atoms with van der Waals surface area (Å²) in [5.74, 6) is 0. The molecule has 0 aliphatic heterocycles. The summed E-state index contributed by atoms with van der Waals surface area (Å²) in [4.78, 5) is 0. The largest absolute Gasteiger partial charge is 0.327 e. The van der Waals surface area contributed by atoms with E-state index in [9.17, 15) is 0 Å². The third-order valence-electron chi connectivity index (χ3n) is 0.333. The Bertz CT molecular complexity index is 42.5. The molecule has 0 aromatic carbocycles. The van der Waals surface area contributed by atoms with Crippen molar-refractivity contribution in [3.8, 4) is 0 Å². The maximum atomic E-state index is 4.91. The second-order valence-electron chi connectivity index (χ2n) is 1.05. The average molecular weight is 114 g/mol. The molecule has 0 spiro atoms. The van der Waals surface area contributed by atoms with Crippen LogP contribution in [0.3, 0.4) is 0 Å². The minimum Gasteiger partial charge on any atom is -0.327 e. The summed E-state index contributed by atoms with van der Waals surface area (Å²) in [6.45, 7) is 7.87. The molecule has 2 heteroatoms. The Hall–Kier alpha value is -0.600. The third kappa shape index (κ3) is 53.3. The van der Waals surface area contributed by atoms with Gasteiger partial charge >= 0.3 is 0 Å². The lowest BCUT2D eigenvalue weighted by atomic mass is 10.7. The average Bonchev–Trinajstić information content (AvgIpc) is 1.88. The van der Waals surface area contributed by atoms with Crippen LogP contribution in [0.5, 0.6) is 0 Å². The minimum absolute atomic E-state index is 0.583. The fourth-order valence-electron chi connectivity index (χ4n) is 0. The number of nitrogens with two attached hydrogens (primary N) is 2. The van der Waals surface area contributed by atoms with Gasteiger partial charge in [-0.2, -0.15) is 0 Å². The normalized spacial score (nSPS) is 6.25. The first-order valence-electron chi connectivity index (χ1n) is 2.45. The van der Waals surface area contributed by atoms with Gasteiger partial charge in [-0.15, -0.1) is 13.2 Å². The van der Waals surface area contributed by atoms with Gasteiger partial charge in [0.1, 0.15) is 0 Å². The Balaban J connectivity index is 0. The molecule has 0 unspecified atom stereocenters. The van der Waals surface area contributed by atoms with Crippen LogP contribution in [-0.2, 0) is 0 Å². The molecule has 0 aromatic heterocycles.